The van der Waals surface area contributed by atoms with E-state index in [1.54, 1.807) is 16.6 Å². The third-order valence-electron chi connectivity index (χ3n) is 2.65. The number of fused-ring (bicyclic) bond motifs is 1. The molecule has 3 aromatic rings. The highest BCUT2D eigenvalue weighted by Crippen LogP contribution is 2.15. The number of rotatable bonds is 2. The first-order chi connectivity index (χ1) is 8.72. The lowest BCUT2D eigenvalue weighted by Gasteiger charge is -2.00. The van der Waals surface area contributed by atoms with Crippen LogP contribution in [0.5, 0.6) is 0 Å². The van der Waals surface area contributed by atoms with E-state index in [9.17, 15) is 4.39 Å². The molecule has 0 fully saturated rings. The van der Waals surface area contributed by atoms with Gasteiger partial charge in [-0.15, -0.1) is 5.10 Å². The van der Waals surface area contributed by atoms with E-state index in [0.717, 1.165) is 17.0 Å². The number of pyridine rings is 1. The normalized spacial score (nSPS) is 10.8. The number of hydrogen-bond acceptors (Lipinski definition) is 3. The molecular weight excluding hydrogens is 231 g/mol. The highest BCUT2D eigenvalue weighted by molar-refractivity contribution is 5.55. The summed E-state index contributed by atoms with van der Waals surface area (Å²) < 4.78 is 14.5. The lowest BCUT2D eigenvalue weighted by atomic mass is 10.3. The highest BCUT2D eigenvalue weighted by Gasteiger charge is 2.04. The molecule has 0 amide bonds. The van der Waals surface area contributed by atoms with Gasteiger partial charge in [-0.3, -0.25) is 0 Å². The van der Waals surface area contributed by atoms with Gasteiger partial charge in [0.25, 0.3) is 0 Å². The summed E-state index contributed by atoms with van der Waals surface area (Å²) in [5.41, 5.74) is 2.54. The SMILES string of the molecule is Cc1cccc2nc(Nc3ccc(F)cc3)nn12. The summed E-state index contributed by atoms with van der Waals surface area (Å²) in [7, 11) is 0. The van der Waals surface area contributed by atoms with Crippen molar-refractivity contribution in [3.8, 4) is 0 Å². The van der Waals surface area contributed by atoms with Gasteiger partial charge in [-0.25, -0.2) is 8.91 Å². The van der Waals surface area contributed by atoms with Crippen molar-refractivity contribution in [3.05, 3.63) is 54.0 Å². The van der Waals surface area contributed by atoms with E-state index in [0.29, 0.717) is 5.95 Å². The second-order valence-corrected chi connectivity index (χ2v) is 4.00. The summed E-state index contributed by atoms with van der Waals surface area (Å²) in [4.78, 5) is 4.34. The smallest absolute Gasteiger partial charge is 0.247 e. The molecule has 0 spiro atoms. The van der Waals surface area contributed by atoms with Crippen LogP contribution in [0.15, 0.2) is 42.5 Å². The molecule has 2 heterocycles. The predicted molar refractivity (Wildman–Crippen MR) is 67.4 cm³/mol. The zero-order chi connectivity index (χ0) is 12.5. The van der Waals surface area contributed by atoms with E-state index in [4.69, 9.17) is 0 Å². The lowest BCUT2D eigenvalue weighted by Crippen LogP contribution is -1.94. The molecule has 4 nitrogen and oxygen atoms in total. The first-order valence-corrected chi connectivity index (χ1v) is 5.57. The average molecular weight is 242 g/mol. The van der Waals surface area contributed by atoms with Crippen LogP contribution in [-0.4, -0.2) is 14.6 Å². The molecule has 0 radical (unpaired) electrons. The Morgan fingerprint density at radius 2 is 1.89 bits per heavy atom. The fraction of sp³-hybridized carbons (Fsp3) is 0.0769. The van der Waals surface area contributed by atoms with Crippen molar-refractivity contribution in [2.24, 2.45) is 0 Å². The zero-order valence-electron chi connectivity index (χ0n) is 9.76. The van der Waals surface area contributed by atoms with E-state index in [-0.39, 0.29) is 5.82 Å². The van der Waals surface area contributed by atoms with Crippen LogP contribution in [0.1, 0.15) is 5.69 Å². The molecule has 0 unspecified atom stereocenters. The Kier molecular flexibility index (Phi) is 2.44. The molecule has 0 atom stereocenters. The van der Waals surface area contributed by atoms with Crippen LogP contribution in [0, 0.1) is 12.7 Å². The van der Waals surface area contributed by atoms with Gasteiger partial charge in [-0.1, -0.05) is 6.07 Å². The van der Waals surface area contributed by atoms with Crippen molar-refractivity contribution in [2.75, 3.05) is 5.32 Å². The summed E-state index contributed by atoms with van der Waals surface area (Å²) in [6.07, 6.45) is 0. The minimum absolute atomic E-state index is 0.264. The number of hydrogen-bond donors (Lipinski definition) is 1. The quantitative estimate of drug-likeness (QED) is 0.751. The minimum Gasteiger partial charge on any atom is -0.323 e. The Morgan fingerprint density at radius 1 is 1.11 bits per heavy atom. The summed E-state index contributed by atoms with van der Waals surface area (Å²) in [6, 6.07) is 11.9. The maximum atomic E-state index is 12.8. The maximum absolute atomic E-state index is 12.8. The molecular formula is C13H11FN4. The summed E-state index contributed by atoms with van der Waals surface area (Å²) in [6.45, 7) is 1.96. The highest BCUT2D eigenvalue weighted by atomic mass is 19.1. The third kappa shape index (κ3) is 1.90. The molecule has 18 heavy (non-hydrogen) atoms. The van der Waals surface area contributed by atoms with E-state index < -0.39 is 0 Å². The maximum Gasteiger partial charge on any atom is 0.247 e. The number of nitrogens with zero attached hydrogens (tertiary/aromatic N) is 3. The second-order valence-electron chi connectivity index (χ2n) is 4.00. The summed E-state index contributed by atoms with van der Waals surface area (Å²) in [5.74, 6) is 0.232. The van der Waals surface area contributed by atoms with E-state index >= 15 is 0 Å². The first kappa shape index (κ1) is 10.7. The fourth-order valence-electron chi connectivity index (χ4n) is 1.75. The first-order valence-electron chi connectivity index (χ1n) is 5.57. The van der Waals surface area contributed by atoms with E-state index in [1.165, 1.54) is 12.1 Å². The monoisotopic (exact) mass is 242 g/mol. The summed E-state index contributed by atoms with van der Waals surface area (Å²) in [5, 5.41) is 7.37. The van der Waals surface area contributed by atoms with Crippen LogP contribution < -0.4 is 5.32 Å². The Morgan fingerprint density at radius 3 is 2.61 bits per heavy atom. The van der Waals surface area contributed by atoms with Gasteiger partial charge in [0.2, 0.25) is 5.95 Å². The Balaban J connectivity index is 1.95. The van der Waals surface area contributed by atoms with Crippen LogP contribution in [0.25, 0.3) is 5.65 Å². The van der Waals surface area contributed by atoms with Gasteiger partial charge in [-0.2, -0.15) is 4.98 Å². The standard InChI is InChI=1S/C13H11FN4/c1-9-3-2-4-12-16-13(17-18(9)12)15-11-7-5-10(14)6-8-11/h2-8H,1H3,(H,15,17). The third-order valence-corrected chi connectivity index (χ3v) is 2.65. The molecule has 3 rings (SSSR count). The Labute approximate surface area is 103 Å². The summed E-state index contributed by atoms with van der Waals surface area (Å²) >= 11 is 0. The molecule has 90 valence electrons. The number of aryl methyl sites for hydroxylation is 1. The van der Waals surface area contributed by atoms with Gasteiger partial charge < -0.3 is 5.32 Å². The molecule has 5 heteroatoms. The average Bonchev–Trinajstić information content (AvgIpc) is 2.76. The molecule has 0 bridgehead atoms. The van der Waals surface area contributed by atoms with Crippen molar-refractivity contribution in [3.63, 3.8) is 0 Å². The Bertz CT molecular complexity index is 688. The molecule has 0 aliphatic carbocycles. The number of aromatic nitrogens is 3. The lowest BCUT2D eigenvalue weighted by molar-refractivity contribution is 0.628. The van der Waals surface area contributed by atoms with Crippen molar-refractivity contribution in [2.45, 2.75) is 6.92 Å². The van der Waals surface area contributed by atoms with Crippen molar-refractivity contribution in [1.29, 1.82) is 0 Å². The number of benzene rings is 1. The van der Waals surface area contributed by atoms with Crippen LogP contribution in [-0.2, 0) is 0 Å². The van der Waals surface area contributed by atoms with Crippen molar-refractivity contribution in [1.82, 2.24) is 14.6 Å². The van der Waals surface area contributed by atoms with Crippen LogP contribution in [0.4, 0.5) is 16.0 Å². The molecule has 0 aliphatic heterocycles. The molecule has 2 aromatic heterocycles. The number of halogens is 1. The predicted octanol–water partition coefficient (Wildman–Crippen LogP) is 2.92. The van der Waals surface area contributed by atoms with Crippen LogP contribution >= 0.6 is 0 Å². The van der Waals surface area contributed by atoms with Crippen molar-refractivity contribution >= 4 is 17.3 Å². The number of nitrogens with one attached hydrogen (secondary N) is 1. The van der Waals surface area contributed by atoms with Gasteiger partial charge in [0.15, 0.2) is 5.65 Å². The van der Waals surface area contributed by atoms with Crippen LogP contribution in [0.2, 0.25) is 0 Å². The fourth-order valence-corrected chi connectivity index (χ4v) is 1.75. The molecule has 1 aromatic carbocycles. The van der Waals surface area contributed by atoms with Crippen LogP contribution in [0.3, 0.4) is 0 Å². The van der Waals surface area contributed by atoms with Crippen molar-refractivity contribution < 1.29 is 4.39 Å². The largest absolute Gasteiger partial charge is 0.323 e. The Hall–Kier alpha value is -2.43. The van der Waals surface area contributed by atoms with Gasteiger partial charge >= 0.3 is 0 Å². The minimum atomic E-state index is -0.264. The van der Waals surface area contributed by atoms with Gasteiger partial charge in [0, 0.05) is 11.4 Å². The van der Waals surface area contributed by atoms with Gasteiger partial charge in [0.05, 0.1) is 0 Å². The number of anilines is 2. The molecule has 0 saturated heterocycles. The molecule has 0 saturated carbocycles. The zero-order valence-corrected chi connectivity index (χ0v) is 9.76. The van der Waals surface area contributed by atoms with Gasteiger partial charge in [-0.05, 0) is 43.3 Å². The topological polar surface area (TPSA) is 42.2 Å². The van der Waals surface area contributed by atoms with E-state index in [1.807, 2.05) is 25.1 Å². The second kappa shape index (κ2) is 4.10. The van der Waals surface area contributed by atoms with E-state index in [2.05, 4.69) is 15.4 Å². The van der Waals surface area contributed by atoms with Gasteiger partial charge in [0.1, 0.15) is 5.82 Å². The molecule has 1 N–H and O–H groups in total. The molecule has 0 aliphatic rings.